The zero-order chi connectivity index (χ0) is 34.1. The maximum atomic E-state index is 15.2. The average molecular weight is 697 g/mol. The Balaban J connectivity index is 1.20. The van der Waals surface area contributed by atoms with Crippen LogP contribution in [0, 0.1) is 12.7 Å². The second-order valence-electron chi connectivity index (χ2n) is 12.3. The van der Waals surface area contributed by atoms with Crippen molar-refractivity contribution in [3.05, 3.63) is 159 Å². The largest absolute Gasteiger partial charge is 0.450 e. The van der Waals surface area contributed by atoms with E-state index in [0.717, 1.165) is 21.9 Å². The van der Waals surface area contributed by atoms with Crippen LogP contribution in [0.1, 0.15) is 38.4 Å². The van der Waals surface area contributed by atoms with E-state index in [2.05, 4.69) is 34.5 Å². The van der Waals surface area contributed by atoms with Gasteiger partial charge in [-0.25, -0.2) is 4.39 Å². The molecule has 4 heterocycles. The minimum Gasteiger partial charge on any atom is -0.450 e. The van der Waals surface area contributed by atoms with Crippen LogP contribution in [0.25, 0.3) is 21.7 Å². The molecule has 5 aromatic carbocycles. The first-order valence-electron chi connectivity index (χ1n) is 15.9. The van der Waals surface area contributed by atoms with Crippen LogP contribution in [-0.4, -0.2) is 22.0 Å². The van der Waals surface area contributed by atoms with E-state index in [4.69, 9.17) is 4.42 Å². The third-order valence-electron chi connectivity index (χ3n) is 9.35. The van der Waals surface area contributed by atoms with Crippen molar-refractivity contribution in [3.63, 3.8) is 0 Å². The van der Waals surface area contributed by atoms with Crippen LogP contribution in [0.4, 0.5) is 15.2 Å². The van der Waals surface area contributed by atoms with E-state index < -0.39 is 28.6 Å². The predicted molar refractivity (Wildman–Crippen MR) is 192 cm³/mol. The maximum absolute atomic E-state index is 15.2. The van der Waals surface area contributed by atoms with Crippen LogP contribution >= 0.6 is 23.1 Å². The molecular formula is C39H25FN4O4S2. The van der Waals surface area contributed by atoms with Gasteiger partial charge in [-0.3, -0.25) is 19.3 Å². The van der Waals surface area contributed by atoms with E-state index in [1.54, 1.807) is 54.6 Å². The van der Waals surface area contributed by atoms with Gasteiger partial charge in [0.1, 0.15) is 11.4 Å². The summed E-state index contributed by atoms with van der Waals surface area (Å²) in [5, 5.41) is 11.6. The molecule has 8 nitrogen and oxygen atoms in total. The van der Waals surface area contributed by atoms with Crippen LogP contribution in [0.15, 0.2) is 123 Å². The predicted octanol–water partition coefficient (Wildman–Crippen LogP) is 7.99. The van der Waals surface area contributed by atoms with Crippen LogP contribution in [0.2, 0.25) is 0 Å². The van der Waals surface area contributed by atoms with E-state index in [1.165, 1.54) is 45.0 Å². The molecule has 0 N–H and O–H groups in total. The second-order valence-corrected chi connectivity index (χ2v) is 14.5. The summed E-state index contributed by atoms with van der Waals surface area (Å²) in [4.78, 5) is 47.2. The average Bonchev–Trinajstić information content (AvgIpc) is 3.77. The number of nitrogens with zero attached hydrogens (tertiary/aromatic N) is 4. The summed E-state index contributed by atoms with van der Waals surface area (Å²) in [6, 6.07) is 32.5. The van der Waals surface area contributed by atoms with Gasteiger partial charge in [-0.1, -0.05) is 108 Å². The van der Waals surface area contributed by atoms with Crippen molar-refractivity contribution in [1.29, 1.82) is 0 Å². The summed E-state index contributed by atoms with van der Waals surface area (Å²) in [7, 11) is 0. The van der Waals surface area contributed by atoms with Crippen molar-refractivity contribution in [2.45, 2.75) is 29.1 Å². The fraction of sp³-hybridized carbons (Fsp3) is 0.103. The number of thioether (sulfide) groups is 1. The molecule has 1 spiro atoms. The molecule has 11 heteroatoms. The van der Waals surface area contributed by atoms with Gasteiger partial charge in [-0.2, -0.15) is 0 Å². The van der Waals surface area contributed by atoms with Crippen molar-refractivity contribution in [3.8, 4) is 0 Å². The molecule has 50 heavy (non-hydrogen) atoms. The Morgan fingerprint density at radius 3 is 2.50 bits per heavy atom. The molecule has 0 radical (unpaired) electrons. The molecule has 2 aromatic heterocycles. The lowest BCUT2D eigenvalue weighted by molar-refractivity contribution is -0.121. The molecule has 0 aliphatic carbocycles. The summed E-state index contributed by atoms with van der Waals surface area (Å²) >= 11 is 2.65. The van der Waals surface area contributed by atoms with Gasteiger partial charge in [-0.05, 0) is 59.2 Å². The number of hydrogen-bond acceptors (Lipinski definition) is 8. The van der Waals surface area contributed by atoms with Crippen molar-refractivity contribution >= 4 is 67.5 Å². The van der Waals surface area contributed by atoms with Gasteiger partial charge in [0.2, 0.25) is 10.9 Å². The number of hydrogen-bond donors (Lipinski definition) is 0. The van der Waals surface area contributed by atoms with E-state index in [-0.39, 0.29) is 34.0 Å². The lowest BCUT2D eigenvalue weighted by Crippen LogP contribution is -2.53. The summed E-state index contributed by atoms with van der Waals surface area (Å²) < 4.78 is 20.7. The SMILES string of the molecule is Cc1ccc2oc3c(c(=O)c2c1)C1(C(=O)N(Cc2ccc(F)cc2)c2ccccc21)N(c1nnc(SCc2cccc4ccccc24)s1)C3=O. The molecule has 1 atom stereocenters. The Kier molecular flexibility index (Phi) is 6.97. The van der Waals surface area contributed by atoms with Gasteiger partial charge in [0.05, 0.1) is 23.2 Å². The molecule has 9 rings (SSSR count). The number of para-hydroxylation sites is 1. The first-order valence-corrected chi connectivity index (χ1v) is 17.7. The minimum atomic E-state index is -1.92. The Bertz CT molecular complexity index is 2600. The van der Waals surface area contributed by atoms with Gasteiger partial charge in [-0.15, -0.1) is 10.2 Å². The topological polar surface area (TPSA) is 96.6 Å². The van der Waals surface area contributed by atoms with Crippen LogP contribution in [0.3, 0.4) is 0 Å². The van der Waals surface area contributed by atoms with E-state index in [9.17, 15) is 14.0 Å². The molecule has 0 fully saturated rings. The molecule has 2 aliphatic rings. The molecule has 0 bridgehead atoms. The Morgan fingerprint density at radius 1 is 0.860 bits per heavy atom. The number of benzene rings is 5. The van der Waals surface area contributed by atoms with Crippen LogP contribution < -0.4 is 15.2 Å². The molecule has 0 saturated carbocycles. The molecule has 2 amide bonds. The lowest BCUT2D eigenvalue weighted by atomic mass is 9.84. The zero-order valence-corrected chi connectivity index (χ0v) is 28.1. The molecule has 2 aliphatic heterocycles. The number of aryl methyl sites for hydroxylation is 1. The third-order valence-corrected chi connectivity index (χ3v) is 11.4. The van der Waals surface area contributed by atoms with E-state index >= 15 is 4.79 Å². The fourth-order valence-electron chi connectivity index (χ4n) is 7.12. The third kappa shape index (κ3) is 4.46. The number of anilines is 2. The fourth-order valence-corrected chi connectivity index (χ4v) is 9.01. The monoisotopic (exact) mass is 696 g/mol. The van der Waals surface area contributed by atoms with Crippen molar-refractivity contribution in [1.82, 2.24) is 10.2 Å². The lowest BCUT2D eigenvalue weighted by Gasteiger charge is -2.32. The first-order chi connectivity index (χ1) is 24.3. The number of aromatic nitrogens is 2. The van der Waals surface area contributed by atoms with Gasteiger partial charge < -0.3 is 9.32 Å². The van der Waals surface area contributed by atoms with Crippen molar-refractivity contribution < 1.29 is 18.4 Å². The standard InChI is InChI=1S/C39H25FN4O4S2/c1-22-13-18-31-28(19-22)33(45)32-34(48-31)35(46)44(37-41-42-38(50-37)49-21-25-9-6-8-24-7-2-3-10-27(24)25)39(32)29-11-4-5-12-30(29)43(36(39)47)20-23-14-16-26(40)17-15-23/h2-19H,20-21H2,1H3. The molecular weight excluding hydrogens is 672 g/mol. The van der Waals surface area contributed by atoms with Gasteiger partial charge in [0.25, 0.3) is 11.8 Å². The first kappa shape index (κ1) is 30.4. The summed E-state index contributed by atoms with van der Waals surface area (Å²) in [6.07, 6.45) is 0. The summed E-state index contributed by atoms with van der Waals surface area (Å²) in [5.74, 6) is -1.18. The Labute approximate surface area is 292 Å². The number of halogens is 1. The maximum Gasteiger partial charge on any atom is 0.297 e. The molecule has 244 valence electrons. The minimum absolute atomic E-state index is 0.0557. The molecule has 1 unspecified atom stereocenters. The summed E-state index contributed by atoms with van der Waals surface area (Å²) in [6.45, 7) is 1.94. The number of carbonyl (C=O) groups is 2. The highest BCUT2D eigenvalue weighted by atomic mass is 32.2. The van der Waals surface area contributed by atoms with Gasteiger partial charge in [0.15, 0.2) is 15.3 Å². The van der Waals surface area contributed by atoms with Crippen LogP contribution in [-0.2, 0) is 22.6 Å². The smallest absolute Gasteiger partial charge is 0.297 e. The highest BCUT2D eigenvalue weighted by molar-refractivity contribution is 8.00. The Morgan fingerprint density at radius 2 is 1.64 bits per heavy atom. The zero-order valence-electron chi connectivity index (χ0n) is 26.4. The summed E-state index contributed by atoms with van der Waals surface area (Å²) in [5.41, 5.74) is 1.39. The number of rotatable bonds is 6. The van der Waals surface area contributed by atoms with Crippen molar-refractivity contribution in [2.24, 2.45) is 0 Å². The molecule has 7 aromatic rings. The normalized spacial score (nSPS) is 16.6. The van der Waals surface area contributed by atoms with Crippen molar-refractivity contribution in [2.75, 3.05) is 9.80 Å². The number of carbonyl (C=O) groups excluding carboxylic acids is 2. The van der Waals surface area contributed by atoms with Gasteiger partial charge in [0, 0.05) is 11.3 Å². The van der Waals surface area contributed by atoms with Crippen LogP contribution in [0.5, 0.6) is 0 Å². The number of fused-ring (bicyclic) bond motifs is 6. The highest BCUT2D eigenvalue weighted by Gasteiger charge is 2.66. The molecule has 0 saturated heterocycles. The van der Waals surface area contributed by atoms with E-state index in [0.29, 0.717) is 26.9 Å². The van der Waals surface area contributed by atoms with E-state index in [1.807, 2.05) is 25.1 Å². The highest BCUT2D eigenvalue weighted by Crippen LogP contribution is 2.55. The quantitative estimate of drug-likeness (QED) is 0.129. The number of amides is 2. The second kappa shape index (κ2) is 11.5. The Hall–Kier alpha value is -5.65. The van der Waals surface area contributed by atoms with Gasteiger partial charge >= 0.3 is 0 Å².